The number of carbonyl (C=O) groups excluding carboxylic acids is 1. The topological polar surface area (TPSA) is 35.1 Å². The predicted molar refractivity (Wildman–Crippen MR) is 60.7 cm³/mol. The van der Waals surface area contributed by atoms with Crippen LogP contribution in [-0.2, 0) is 22.6 Å². The maximum atomic E-state index is 11.1. The number of rotatable bonds is 6. The molecule has 0 amide bonds. The third-order valence-electron chi connectivity index (χ3n) is 2.25. The molecule has 0 fully saturated rings. The fraction of sp³-hybridized carbons (Fsp3) is 0.500. The minimum absolute atomic E-state index is 0. The summed E-state index contributed by atoms with van der Waals surface area (Å²) in [4.78, 5) is 11.1. The lowest BCUT2D eigenvalue weighted by Crippen LogP contribution is -3.00. The maximum absolute atomic E-state index is 11.1. The number of hydrogen-bond donors (Lipinski definition) is 0. The van der Waals surface area contributed by atoms with Gasteiger partial charge in [0.05, 0.1) is 19.7 Å². The summed E-state index contributed by atoms with van der Waals surface area (Å²) >= 11 is 0. The van der Waals surface area contributed by atoms with Gasteiger partial charge in [0, 0.05) is 12.0 Å². The van der Waals surface area contributed by atoms with E-state index in [1.54, 1.807) is 6.92 Å². The highest BCUT2D eigenvalue weighted by Gasteiger charge is 2.04. The second-order valence-electron chi connectivity index (χ2n) is 3.75. The van der Waals surface area contributed by atoms with Gasteiger partial charge in [0.15, 0.2) is 0 Å². The van der Waals surface area contributed by atoms with E-state index in [0.717, 1.165) is 19.5 Å². The van der Waals surface area contributed by atoms with Crippen molar-refractivity contribution in [1.82, 2.24) is 4.57 Å². The molecule has 0 saturated carbocycles. The number of imidazole rings is 1. The van der Waals surface area contributed by atoms with Crippen LogP contribution in [0.25, 0.3) is 0 Å². The van der Waals surface area contributed by atoms with E-state index in [9.17, 15) is 4.79 Å². The standard InChI is InChI=1S/C12H19N2O2.BrH/c1-4-13-7-8-14(10-13)6-5-9-16-12(15)11(2)3;/h7-8,10H,2,4-6,9H2,1,3H3;1H/q+1;/p-1. The van der Waals surface area contributed by atoms with Crippen LogP contribution in [0.1, 0.15) is 20.3 Å². The summed E-state index contributed by atoms with van der Waals surface area (Å²) in [6, 6.07) is 0. The van der Waals surface area contributed by atoms with E-state index in [4.69, 9.17) is 4.74 Å². The quantitative estimate of drug-likeness (QED) is 0.272. The molecule has 1 heterocycles. The van der Waals surface area contributed by atoms with Crippen molar-refractivity contribution >= 4 is 5.97 Å². The minimum atomic E-state index is -0.309. The Bertz CT molecular complexity index is 374. The van der Waals surface area contributed by atoms with Crippen LogP contribution in [-0.4, -0.2) is 17.1 Å². The Kier molecular flexibility index (Phi) is 7.54. The van der Waals surface area contributed by atoms with Crippen molar-refractivity contribution in [2.75, 3.05) is 6.61 Å². The van der Waals surface area contributed by atoms with Crippen LogP contribution >= 0.6 is 0 Å². The summed E-state index contributed by atoms with van der Waals surface area (Å²) in [6.07, 6.45) is 6.90. The van der Waals surface area contributed by atoms with Crippen molar-refractivity contribution in [3.8, 4) is 0 Å². The van der Waals surface area contributed by atoms with Gasteiger partial charge in [-0.15, -0.1) is 0 Å². The number of carbonyl (C=O) groups is 1. The molecule has 1 rings (SSSR count). The van der Waals surface area contributed by atoms with E-state index in [-0.39, 0.29) is 23.0 Å². The molecule has 1 aromatic heterocycles. The van der Waals surface area contributed by atoms with Crippen LogP contribution in [0, 0.1) is 0 Å². The van der Waals surface area contributed by atoms with E-state index < -0.39 is 0 Å². The molecule has 0 spiro atoms. The molecule has 5 heteroatoms. The average molecular weight is 303 g/mol. The molecule has 0 N–H and O–H groups in total. The summed E-state index contributed by atoms with van der Waals surface area (Å²) < 4.78 is 9.18. The summed E-state index contributed by atoms with van der Waals surface area (Å²) in [5.41, 5.74) is 0.449. The van der Waals surface area contributed by atoms with Gasteiger partial charge in [0.2, 0.25) is 6.33 Å². The molecule has 1 aromatic rings. The third kappa shape index (κ3) is 5.68. The molecule has 0 unspecified atom stereocenters. The normalized spacial score (nSPS) is 9.53. The van der Waals surface area contributed by atoms with E-state index in [1.807, 2.05) is 18.7 Å². The highest BCUT2D eigenvalue weighted by molar-refractivity contribution is 5.86. The fourth-order valence-corrected chi connectivity index (χ4v) is 1.29. The predicted octanol–water partition coefficient (Wildman–Crippen LogP) is -1.69. The van der Waals surface area contributed by atoms with E-state index in [0.29, 0.717) is 12.2 Å². The Morgan fingerprint density at radius 1 is 1.53 bits per heavy atom. The van der Waals surface area contributed by atoms with Gasteiger partial charge in [-0.1, -0.05) is 6.58 Å². The summed E-state index contributed by atoms with van der Waals surface area (Å²) in [5.74, 6) is -0.309. The summed E-state index contributed by atoms with van der Waals surface area (Å²) in [7, 11) is 0. The van der Waals surface area contributed by atoms with Gasteiger partial charge in [0.1, 0.15) is 12.4 Å². The summed E-state index contributed by atoms with van der Waals surface area (Å²) in [6.45, 7) is 9.54. The van der Waals surface area contributed by atoms with Crippen molar-refractivity contribution in [3.05, 3.63) is 30.9 Å². The second kappa shape index (κ2) is 8.06. The highest BCUT2D eigenvalue weighted by Crippen LogP contribution is 1.93. The van der Waals surface area contributed by atoms with Crippen LogP contribution in [0.2, 0.25) is 0 Å². The van der Waals surface area contributed by atoms with Gasteiger partial charge in [-0.05, 0) is 13.8 Å². The maximum Gasteiger partial charge on any atom is 0.333 e. The van der Waals surface area contributed by atoms with Gasteiger partial charge in [-0.2, -0.15) is 0 Å². The Morgan fingerprint density at radius 2 is 2.24 bits per heavy atom. The van der Waals surface area contributed by atoms with Gasteiger partial charge in [-0.25, -0.2) is 13.9 Å². The smallest absolute Gasteiger partial charge is 0.333 e. The second-order valence-corrected chi connectivity index (χ2v) is 3.75. The van der Waals surface area contributed by atoms with E-state index >= 15 is 0 Å². The molecule has 0 aliphatic carbocycles. The minimum Gasteiger partial charge on any atom is -1.00 e. The first-order valence-electron chi connectivity index (χ1n) is 5.51. The number of aryl methyl sites for hydroxylation is 2. The molecule has 0 atom stereocenters. The highest BCUT2D eigenvalue weighted by atomic mass is 79.9. The van der Waals surface area contributed by atoms with E-state index in [2.05, 4.69) is 22.6 Å². The molecule has 0 bridgehead atoms. The van der Waals surface area contributed by atoms with Gasteiger partial charge >= 0.3 is 5.97 Å². The Morgan fingerprint density at radius 3 is 2.76 bits per heavy atom. The van der Waals surface area contributed by atoms with Crippen molar-refractivity contribution in [1.29, 1.82) is 0 Å². The fourth-order valence-electron chi connectivity index (χ4n) is 1.29. The Labute approximate surface area is 113 Å². The molecule has 96 valence electrons. The van der Waals surface area contributed by atoms with Gasteiger partial charge < -0.3 is 21.7 Å². The van der Waals surface area contributed by atoms with Crippen LogP contribution < -0.4 is 21.5 Å². The lowest BCUT2D eigenvalue weighted by Gasteiger charge is -2.02. The van der Waals surface area contributed by atoms with Crippen LogP contribution in [0.15, 0.2) is 30.9 Å². The van der Waals surface area contributed by atoms with Crippen molar-refractivity contribution in [2.24, 2.45) is 0 Å². The molecular weight excluding hydrogens is 284 g/mol. The first-order chi connectivity index (χ1) is 7.63. The number of nitrogens with zero attached hydrogens (tertiary/aromatic N) is 2. The Balaban J connectivity index is 0.00000256. The number of ether oxygens (including phenoxy) is 1. The number of halogens is 1. The van der Waals surface area contributed by atoms with Crippen molar-refractivity contribution in [3.63, 3.8) is 0 Å². The molecule has 0 aromatic carbocycles. The molecule has 4 nitrogen and oxygen atoms in total. The SMILES string of the molecule is C=C(C)C(=O)OCCC[n+]1ccn(CC)c1.[Br-]. The van der Waals surface area contributed by atoms with Crippen molar-refractivity contribution < 1.29 is 31.1 Å². The third-order valence-corrected chi connectivity index (χ3v) is 2.25. The zero-order valence-corrected chi connectivity index (χ0v) is 11.9. The molecule has 0 aliphatic heterocycles. The number of aromatic nitrogens is 2. The van der Waals surface area contributed by atoms with Crippen molar-refractivity contribution in [2.45, 2.75) is 33.4 Å². The largest absolute Gasteiger partial charge is 1.00 e. The lowest BCUT2D eigenvalue weighted by molar-refractivity contribution is -0.697. The Hall–Kier alpha value is -1.10. The molecule has 0 aliphatic rings. The first-order valence-corrected chi connectivity index (χ1v) is 5.51. The zero-order valence-electron chi connectivity index (χ0n) is 10.4. The number of esters is 1. The molecule has 17 heavy (non-hydrogen) atoms. The average Bonchev–Trinajstić information content (AvgIpc) is 2.71. The molecular formula is C12H19BrN2O2. The molecule has 0 saturated heterocycles. The number of hydrogen-bond acceptors (Lipinski definition) is 2. The lowest BCUT2D eigenvalue weighted by atomic mass is 10.3. The van der Waals surface area contributed by atoms with Gasteiger partial charge in [-0.3, -0.25) is 0 Å². The van der Waals surface area contributed by atoms with Crippen LogP contribution in [0.5, 0.6) is 0 Å². The van der Waals surface area contributed by atoms with Crippen LogP contribution in [0.3, 0.4) is 0 Å². The van der Waals surface area contributed by atoms with Crippen LogP contribution in [0.4, 0.5) is 0 Å². The summed E-state index contributed by atoms with van der Waals surface area (Å²) in [5, 5.41) is 0. The zero-order chi connectivity index (χ0) is 12.0. The monoisotopic (exact) mass is 302 g/mol. The molecule has 0 radical (unpaired) electrons. The van der Waals surface area contributed by atoms with Gasteiger partial charge in [0.25, 0.3) is 0 Å². The van der Waals surface area contributed by atoms with E-state index in [1.165, 1.54) is 0 Å². The first kappa shape index (κ1) is 15.9.